The normalized spacial score (nSPS) is 10.8. The first-order chi connectivity index (χ1) is 12.6. The van der Waals surface area contributed by atoms with E-state index in [-0.39, 0.29) is 12.5 Å². The van der Waals surface area contributed by atoms with Gasteiger partial charge in [0.2, 0.25) is 5.91 Å². The average molecular weight is 346 g/mol. The molecule has 0 aliphatic carbocycles. The number of hydrogen-bond donors (Lipinski definition) is 1. The van der Waals surface area contributed by atoms with E-state index < -0.39 is 0 Å². The van der Waals surface area contributed by atoms with E-state index in [1.54, 1.807) is 0 Å². The fourth-order valence-corrected chi connectivity index (χ4v) is 3.16. The first kappa shape index (κ1) is 17.7. The van der Waals surface area contributed by atoms with Gasteiger partial charge in [-0.25, -0.2) is 0 Å². The number of aromatic nitrogens is 1. The maximum atomic E-state index is 12.4. The van der Waals surface area contributed by atoms with E-state index in [1.165, 1.54) is 0 Å². The number of para-hydroxylation sites is 1. The third kappa shape index (κ3) is 3.76. The highest BCUT2D eigenvalue weighted by Gasteiger charge is 2.14. The van der Waals surface area contributed by atoms with Gasteiger partial charge in [-0.15, -0.1) is 0 Å². The molecule has 0 radical (unpaired) electrons. The van der Waals surface area contributed by atoms with Crippen LogP contribution in [0.15, 0.2) is 54.9 Å². The Morgan fingerprint density at radius 2 is 1.96 bits per heavy atom. The van der Waals surface area contributed by atoms with Gasteiger partial charge in [-0.3, -0.25) is 9.69 Å². The van der Waals surface area contributed by atoms with Crippen molar-refractivity contribution in [2.24, 2.45) is 0 Å². The maximum absolute atomic E-state index is 12.4. The van der Waals surface area contributed by atoms with Crippen LogP contribution in [0.25, 0.3) is 5.52 Å². The Hall–Kier alpha value is -3.10. The van der Waals surface area contributed by atoms with E-state index in [0.29, 0.717) is 12.1 Å². The number of benzene rings is 1. The molecule has 2 aromatic heterocycles. The number of likely N-dealkylation sites (N-methyl/N-ethyl adjacent to an activating group) is 1. The Bertz CT molecular complexity index is 968. The Balaban J connectivity index is 1.68. The maximum Gasteiger partial charge on any atom is 0.238 e. The molecule has 2 heterocycles. The average Bonchev–Trinajstić information content (AvgIpc) is 2.98. The quantitative estimate of drug-likeness (QED) is 0.744. The minimum absolute atomic E-state index is 0.0596. The third-order valence-corrected chi connectivity index (χ3v) is 4.40. The summed E-state index contributed by atoms with van der Waals surface area (Å²) >= 11 is 0. The van der Waals surface area contributed by atoms with Gasteiger partial charge >= 0.3 is 0 Å². The molecule has 3 rings (SSSR count). The molecule has 0 aliphatic rings. The summed E-state index contributed by atoms with van der Waals surface area (Å²) < 4.78 is 1.94. The summed E-state index contributed by atoms with van der Waals surface area (Å²) in [6.45, 7) is 2.86. The molecule has 3 aromatic rings. The zero-order valence-electron chi connectivity index (χ0n) is 15.1. The van der Waals surface area contributed by atoms with Crippen LogP contribution in [0.4, 0.5) is 5.69 Å². The van der Waals surface area contributed by atoms with Gasteiger partial charge in [0.25, 0.3) is 0 Å². The van der Waals surface area contributed by atoms with Crippen LogP contribution in [0.3, 0.4) is 0 Å². The number of amides is 1. The van der Waals surface area contributed by atoms with Crippen molar-refractivity contribution in [3.8, 4) is 6.07 Å². The third-order valence-electron chi connectivity index (χ3n) is 4.40. The second-order valence-electron chi connectivity index (χ2n) is 6.37. The summed E-state index contributed by atoms with van der Waals surface area (Å²) in [5.74, 6) is -0.0596. The Kier molecular flexibility index (Phi) is 5.35. The van der Waals surface area contributed by atoms with Crippen molar-refractivity contribution in [3.05, 3.63) is 71.5 Å². The predicted molar refractivity (Wildman–Crippen MR) is 103 cm³/mol. The Morgan fingerprint density at radius 1 is 1.19 bits per heavy atom. The van der Waals surface area contributed by atoms with E-state index in [9.17, 15) is 10.1 Å². The minimum atomic E-state index is -0.0596. The van der Waals surface area contributed by atoms with Crippen molar-refractivity contribution in [1.29, 1.82) is 5.26 Å². The second kappa shape index (κ2) is 7.85. The van der Waals surface area contributed by atoms with Gasteiger partial charge in [-0.1, -0.05) is 31.2 Å². The molecule has 26 heavy (non-hydrogen) atoms. The highest BCUT2D eigenvalue weighted by molar-refractivity contribution is 5.93. The summed E-state index contributed by atoms with van der Waals surface area (Å²) in [5.41, 5.74) is 4.45. The number of rotatable bonds is 6. The molecule has 132 valence electrons. The fraction of sp³-hybridized carbons (Fsp3) is 0.238. The predicted octanol–water partition coefficient (Wildman–Crippen LogP) is 3.44. The monoisotopic (exact) mass is 346 g/mol. The van der Waals surface area contributed by atoms with Gasteiger partial charge in [0.05, 0.1) is 17.6 Å². The van der Waals surface area contributed by atoms with E-state index in [4.69, 9.17) is 0 Å². The smallest absolute Gasteiger partial charge is 0.238 e. The topological polar surface area (TPSA) is 60.5 Å². The van der Waals surface area contributed by atoms with Crippen LogP contribution in [0.2, 0.25) is 0 Å². The van der Waals surface area contributed by atoms with Crippen molar-refractivity contribution in [1.82, 2.24) is 9.30 Å². The van der Waals surface area contributed by atoms with Crippen LogP contribution in [-0.2, 0) is 17.8 Å². The fourth-order valence-electron chi connectivity index (χ4n) is 3.16. The zero-order valence-corrected chi connectivity index (χ0v) is 15.1. The van der Waals surface area contributed by atoms with Gasteiger partial charge in [0, 0.05) is 30.2 Å². The first-order valence-electron chi connectivity index (χ1n) is 8.67. The number of pyridine rings is 1. The number of hydrogen-bond acceptors (Lipinski definition) is 3. The second-order valence-corrected chi connectivity index (χ2v) is 6.37. The molecule has 0 saturated heterocycles. The molecule has 0 saturated carbocycles. The lowest BCUT2D eigenvalue weighted by Gasteiger charge is -2.16. The molecule has 0 aliphatic heterocycles. The molecule has 0 bridgehead atoms. The van der Waals surface area contributed by atoms with Gasteiger partial charge in [0.15, 0.2) is 0 Å². The van der Waals surface area contributed by atoms with Gasteiger partial charge in [-0.2, -0.15) is 5.26 Å². The first-order valence-corrected chi connectivity index (χ1v) is 8.67. The Labute approximate surface area is 153 Å². The highest BCUT2D eigenvalue weighted by Crippen LogP contribution is 2.19. The standard InChI is InChI=1S/C21H22N4O/c1-3-16-8-4-5-9-19(16)23-21(26)15-24(2)13-17-14-25-11-7-6-10-20(25)18(17)12-22/h4-11,14H,3,13,15H2,1-2H3,(H,23,26). The molecule has 5 heteroatoms. The lowest BCUT2D eigenvalue weighted by Crippen LogP contribution is -2.30. The van der Waals surface area contributed by atoms with Gasteiger partial charge in [-0.05, 0) is 37.2 Å². The number of nitriles is 1. The number of carbonyl (C=O) groups is 1. The van der Waals surface area contributed by atoms with Crippen LogP contribution >= 0.6 is 0 Å². The summed E-state index contributed by atoms with van der Waals surface area (Å²) in [7, 11) is 1.88. The number of anilines is 1. The summed E-state index contributed by atoms with van der Waals surface area (Å²) in [5, 5.41) is 12.5. The largest absolute Gasteiger partial charge is 0.325 e. The summed E-state index contributed by atoms with van der Waals surface area (Å²) in [4.78, 5) is 14.3. The van der Waals surface area contributed by atoms with E-state index >= 15 is 0 Å². The number of aryl methyl sites for hydroxylation is 1. The Morgan fingerprint density at radius 3 is 2.73 bits per heavy atom. The van der Waals surface area contributed by atoms with Gasteiger partial charge in [0.1, 0.15) is 6.07 Å². The highest BCUT2D eigenvalue weighted by atomic mass is 16.2. The summed E-state index contributed by atoms with van der Waals surface area (Å²) in [6, 6.07) is 15.9. The molecule has 1 amide bonds. The molecule has 0 atom stereocenters. The SMILES string of the molecule is CCc1ccccc1NC(=O)CN(C)Cc1cn2ccccc2c1C#N. The van der Waals surface area contributed by atoms with E-state index in [2.05, 4.69) is 18.3 Å². The molecule has 0 unspecified atom stereocenters. The number of fused-ring (bicyclic) bond motifs is 1. The molecule has 1 aromatic carbocycles. The molecular weight excluding hydrogens is 324 g/mol. The van der Waals surface area contributed by atoms with Crippen molar-refractivity contribution in [2.75, 3.05) is 18.9 Å². The molecular formula is C21H22N4O. The molecule has 5 nitrogen and oxygen atoms in total. The van der Waals surface area contributed by atoms with Gasteiger partial charge < -0.3 is 9.72 Å². The van der Waals surface area contributed by atoms with Crippen molar-refractivity contribution in [2.45, 2.75) is 19.9 Å². The van der Waals surface area contributed by atoms with Crippen LogP contribution < -0.4 is 5.32 Å². The van der Waals surface area contributed by atoms with Crippen LogP contribution in [0.5, 0.6) is 0 Å². The zero-order chi connectivity index (χ0) is 18.5. The van der Waals surface area contributed by atoms with Crippen molar-refractivity contribution >= 4 is 17.1 Å². The van der Waals surface area contributed by atoms with Crippen molar-refractivity contribution < 1.29 is 4.79 Å². The number of nitrogens with one attached hydrogen (secondary N) is 1. The van der Waals surface area contributed by atoms with E-state index in [0.717, 1.165) is 28.8 Å². The number of nitrogens with zero attached hydrogens (tertiary/aromatic N) is 3. The number of carbonyl (C=O) groups excluding carboxylic acids is 1. The molecule has 0 spiro atoms. The summed E-state index contributed by atoms with van der Waals surface area (Å²) in [6.07, 6.45) is 4.75. The van der Waals surface area contributed by atoms with Crippen molar-refractivity contribution in [3.63, 3.8) is 0 Å². The minimum Gasteiger partial charge on any atom is -0.325 e. The van der Waals surface area contributed by atoms with Crippen LogP contribution in [-0.4, -0.2) is 28.8 Å². The lowest BCUT2D eigenvalue weighted by atomic mass is 10.1. The molecule has 1 N–H and O–H groups in total. The molecule has 0 fully saturated rings. The van der Waals surface area contributed by atoms with Crippen LogP contribution in [0, 0.1) is 11.3 Å². The lowest BCUT2D eigenvalue weighted by molar-refractivity contribution is -0.117. The van der Waals surface area contributed by atoms with Crippen LogP contribution in [0.1, 0.15) is 23.6 Å². The van der Waals surface area contributed by atoms with E-state index in [1.807, 2.05) is 71.2 Å².